The predicted octanol–water partition coefficient (Wildman–Crippen LogP) is 4.55. The van der Waals surface area contributed by atoms with Crippen LogP contribution in [0.3, 0.4) is 0 Å². The summed E-state index contributed by atoms with van der Waals surface area (Å²) in [5.41, 5.74) is 4.33. The molecule has 32 heavy (non-hydrogen) atoms. The Balaban J connectivity index is 1.71. The number of hydrogen-bond acceptors (Lipinski definition) is 3. The summed E-state index contributed by atoms with van der Waals surface area (Å²) in [6.45, 7) is 6.04. The summed E-state index contributed by atoms with van der Waals surface area (Å²) in [7, 11) is 0. The van der Waals surface area contributed by atoms with E-state index in [2.05, 4.69) is 42.7 Å². The molecule has 4 atom stereocenters. The Morgan fingerprint density at radius 3 is 2.56 bits per heavy atom. The fourth-order valence-corrected chi connectivity index (χ4v) is 4.50. The van der Waals surface area contributed by atoms with Gasteiger partial charge in [0, 0.05) is 25.6 Å². The topological polar surface area (TPSA) is 61.4 Å². The molecule has 0 saturated carbocycles. The number of aryl methyl sites for hydroxylation is 1. The highest BCUT2D eigenvalue weighted by molar-refractivity contribution is 5.73. The number of hydrogen-bond donors (Lipinski definition) is 3. The summed E-state index contributed by atoms with van der Waals surface area (Å²) in [5.74, 6) is -1.16. The number of benzene rings is 2. The number of carbonyl (C=O) groups excluding carboxylic acids is 1. The van der Waals surface area contributed by atoms with Gasteiger partial charge in [-0.3, -0.25) is 4.79 Å². The van der Waals surface area contributed by atoms with Gasteiger partial charge in [0.15, 0.2) is 0 Å². The molecule has 1 aliphatic rings. The van der Waals surface area contributed by atoms with Crippen LogP contribution in [0, 0.1) is 11.6 Å². The molecule has 0 aromatic heterocycles. The van der Waals surface area contributed by atoms with E-state index >= 15 is 0 Å². The fraction of sp³-hybridized carbons (Fsp3) is 0.500. The smallest absolute Gasteiger partial charge is 0.217 e. The molecular weight excluding hydrogens is 410 g/mol. The van der Waals surface area contributed by atoms with Gasteiger partial charge >= 0.3 is 0 Å². The lowest BCUT2D eigenvalue weighted by molar-refractivity contribution is -0.120. The van der Waals surface area contributed by atoms with Crippen molar-refractivity contribution in [2.24, 2.45) is 0 Å². The second-order valence-corrected chi connectivity index (χ2v) is 8.98. The maximum Gasteiger partial charge on any atom is 0.217 e. The standard InChI is InChI=1S/C26H34F2N2O2/c1-4-16(2)20-9-8-19-6-5-7-24(23(19)13-20)29-15-26(32)25(30-17(3)31)12-18-10-21(27)14-22(28)11-18/h8-11,13-14,16,24-26,29,32H,4-7,12,15H2,1-3H3,(H,30,31). The van der Waals surface area contributed by atoms with Gasteiger partial charge in [-0.2, -0.15) is 0 Å². The highest BCUT2D eigenvalue weighted by atomic mass is 19.1. The average Bonchev–Trinajstić information content (AvgIpc) is 2.75. The molecule has 174 valence electrons. The zero-order valence-electron chi connectivity index (χ0n) is 19.1. The maximum atomic E-state index is 13.6. The summed E-state index contributed by atoms with van der Waals surface area (Å²) in [5, 5.41) is 17.1. The Morgan fingerprint density at radius 2 is 1.91 bits per heavy atom. The number of aliphatic hydroxyl groups is 1. The van der Waals surface area contributed by atoms with Gasteiger partial charge in [0.1, 0.15) is 11.6 Å². The molecule has 0 bridgehead atoms. The third-order valence-electron chi connectivity index (χ3n) is 6.47. The van der Waals surface area contributed by atoms with Crippen molar-refractivity contribution in [1.29, 1.82) is 0 Å². The van der Waals surface area contributed by atoms with Gasteiger partial charge in [-0.15, -0.1) is 0 Å². The van der Waals surface area contributed by atoms with Gasteiger partial charge in [0.05, 0.1) is 12.1 Å². The van der Waals surface area contributed by atoms with Crippen molar-refractivity contribution in [2.45, 2.75) is 77.0 Å². The summed E-state index contributed by atoms with van der Waals surface area (Å²) in [6.07, 6.45) is 3.40. The molecule has 1 amide bonds. The number of halogens is 2. The first-order chi connectivity index (χ1) is 15.3. The van der Waals surface area contributed by atoms with Crippen molar-refractivity contribution in [3.8, 4) is 0 Å². The quantitative estimate of drug-likeness (QED) is 0.532. The van der Waals surface area contributed by atoms with E-state index in [4.69, 9.17) is 0 Å². The van der Waals surface area contributed by atoms with Crippen LogP contribution in [0.2, 0.25) is 0 Å². The first kappa shape index (κ1) is 24.3. The summed E-state index contributed by atoms with van der Waals surface area (Å²) in [4.78, 5) is 11.7. The number of fused-ring (bicyclic) bond motifs is 1. The van der Waals surface area contributed by atoms with Crippen molar-refractivity contribution in [2.75, 3.05) is 6.54 Å². The molecule has 2 aromatic carbocycles. The molecule has 3 N–H and O–H groups in total. The van der Waals surface area contributed by atoms with E-state index in [1.807, 2.05) is 0 Å². The zero-order chi connectivity index (χ0) is 23.3. The molecule has 0 heterocycles. The monoisotopic (exact) mass is 444 g/mol. The Hall–Kier alpha value is -2.31. The first-order valence-electron chi connectivity index (χ1n) is 11.5. The second kappa shape index (κ2) is 11.0. The summed E-state index contributed by atoms with van der Waals surface area (Å²) in [6, 6.07) is 9.46. The van der Waals surface area contributed by atoms with Crippen LogP contribution in [0.25, 0.3) is 0 Å². The molecule has 4 nitrogen and oxygen atoms in total. The molecule has 2 aromatic rings. The summed E-state index contributed by atoms with van der Waals surface area (Å²) < 4.78 is 27.2. The number of carbonyl (C=O) groups is 1. The first-order valence-corrected chi connectivity index (χ1v) is 11.5. The molecule has 0 fully saturated rings. The van der Waals surface area contributed by atoms with Crippen molar-refractivity contribution >= 4 is 5.91 Å². The molecular formula is C26H34F2N2O2. The Labute approximate surface area is 189 Å². The van der Waals surface area contributed by atoms with Gasteiger partial charge in [-0.05, 0) is 72.4 Å². The van der Waals surface area contributed by atoms with Crippen LogP contribution in [0.5, 0.6) is 0 Å². The van der Waals surface area contributed by atoms with Crippen molar-refractivity contribution in [3.05, 3.63) is 70.3 Å². The molecule has 0 aliphatic heterocycles. The van der Waals surface area contributed by atoms with E-state index in [-0.39, 0.29) is 24.9 Å². The van der Waals surface area contributed by atoms with E-state index in [1.54, 1.807) is 0 Å². The van der Waals surface area contributed by atoms with E-state index in [0.717, 1.165) is 31.7 Å². The van der Waals surface area contributed by atoms with Gasteiger partial charge in [0.25, 0.3) is 0 Å². The lowest BCUT2D eigenvalue weighted by atomic mass is 9.84. The van der Waals surface area contributed by atoms with Gasteiger partial charge in [-0.25, -0.2) is 8.78 Å². The molecule has 0 radical (unpaired) electrons. The minimum Gasteiger partial charge on any atom is -0.390 e. The lowest BCUT2D eigenvalue weighted by Crippen LogP contribution is -2.48. The Bertz CT molecular complexity index is 914. The van der Waals surface area contributed by atoms with Crippen molar-refractivity contribution in [3.63, 3.8) is 0 Å². The number of amides is 1. The fourth-order valence-electron chi connectivity index (χ4n) is 4.50. The Morgan fingerprint density at radius 1 is 1.19 bits per heavy atom. The van der Waals surface area contributed by atoms with Crippen molar-refractivity contribution < 1.29 is 18.7 Å². The minimum atomic E-state index is -0.909. The molecule has 6 heteroatoms. The zero-order valence-corrected chi connectivity index (χ0v) is 19.1. The van der Waals surface area contributed by atoms with E-state index in [1.165, 1.54) is 35.7 Å². The third-order valence-corrected chi connectivity index (χ3v) is 6.47. The molecule has 0 saturated heterocycles. The van der Waals surface area contributed by atoms with Crippen LogP contribution in [0.1, 0.15) is 74.2 Å². The average molecular weight is 445 g/mol. The van der Waals surface area contributed by atoms with Crippen LogP contribution in [0.15, 0.2) is 36.4 Å². The largest absolute Gasteiger partial charge is 0.390 e. The SMILES string of the molecule is CCC(C)c1ccc2c(c1)C(NCC(O)C(Cc1cc(F)cc(F)c1)NC(C)=O)CCC2. The molecule has 4 unspecified atom stereocenters. The van der Waals surface area contributed by atoms with Gasteiger partial charge in [0.2, 0.25) is 5.91 Å². The van der Waals surface area contributed by atoms with Crippen LogP contribution in [-0.4, -0.2) is 29.7 Å². The van der Waals surface area contributed by atoms with Crippen LogP contribution >= 0.6 is 0 Å². The number of aliphatic hydroxyl groups excluding tert-OH is 1. The Kier molecular flexibility index (Phi) is 8.38. The van der Waals surface area contributed by atoms with E-state index in [0.29, 0.717) is 11.5 Å². The third kappa shape index (κ3) is 6.36. The van der Waals surface area contributed by atoms with E-state index < -0.39 is 23.8 Å². The normalized spacial score (nSPS) is 18.5. The molecule has 3 rings (SSSR count). The molecule has 1 aliphatic carbocycles. The minimum absolute atomic E-state index is 0.127. The van der Waals surface area contributed by atoms with Gasteiger partial charge < -0.3 is 15.7 Å². The lowest BCUT2D eigenvalue weighted by Gasteiger charge is -2.30. The molecule has 0 spiro atoms. The highest BCUT2D eigenvalue weighted by Crippen LogP contribution is 2.32. The van der Waals surface area contributed by atoms with E-state index in [9.17, 15) is 18.7 Å². The number of nitrogens with one attached hydrogen (secondary N) is 2. The van der Waals surface area contributed by atoms with Crippen LogP contribution in [0.4, 0.5) is 8.78 Å². The predicted molar refractivity (Wildman–Crippen MR) is 123 cm³/mol. The highest BCUT2D eigenvalue weighted by Gasteiger charge is 2.25. The van der Waals surface area contributed by atoms with Crippen LogP contribution in [-0.2, 0) is 17.6 Å². The van der Waals surface area contributed by atoms with Crippen LogP contribution < -0.4 is 10.6 Å². The maximum absolute atomic E-state index is 13.6. The second-order valence-electron chi connectivity index (χ2n) is 8.98. The van der Waals surface area contributed by atoms with Gasteiger partial charge in [-0.1, -0.05) is 32.0 Å². The summed E-state index contributed by atoms with van der Waals surface area (Å²) >= 11 is 0. The van der Waals surface area contributed by atoms with Crippen molar-refractivity contribution in [1.82, 2.24) is 10.6 Å². The number of rotatable bonds is 9.